The summed E-state index contributed by atoms with van der Waals surface area (Å²) in [4.78, 5) is 0. The molecule has 0 saturated heterocycles. The third-order valence-corrected chi connectivity index (χ3v) is 9.75. The van der Waals surface area contributed by atoms with Crippen LogP contribution in [-0.2, 0) is 34.2 Å². The van der Waals surface area contributed by atoms with Crippen molar-refractivity contribution in [2.45, 2.75) is 105 Å². The summed E-state index contributed by atoms with van der Waals surface area (Å²) in [6, 6.07) is 38.8. The van der Waals surface area contributed by atoms with E-state index in [1.165, 1.54) is 114 Å². The molecule has 6 aromatic rings. The number of benzene rings is 4. The normalized spacial score (nSPS) is 11.8. The predicted molar refractivity (Wildman–Crippen MR) is 223 cm³/mol. The quantitative estimate of drug-likeness (QED) is 0.117. The first kappa shape index (κ1) is 43.4. The van der Waals surface area contributed by atoms with Crippen LogP contribution < -0.4 is 0 Å². The summed E-state index contributed by atoms with van der Waals surface area (Å²) in [5.74, 6) is 0.688. The number of hydrogen-bond acceptors (Lipinski definition) is 0. The molecular weight excluding hydrogens is 696 g/mol. The second-order valence-corrected chi connectivity index (χ2v) is 15.4. The molecule has 6 aromatic carbocycles. The second-order valence-electron chi connectivity index (χ2n) is 15.4. The maximum atomic E-state index is 3.06. The average molecular weight is 756 g/mol. The van der Waals surface area contributed by atoms with E-state index in [4.69, 9.17) is 0 Å². The van der Waals surface area contributed by atoms with Crippen LogP contribution in [0.5, 0.6) is 0 Å². The molecule has 0 bridgehead atoms. The number of fused-ring (bicyclic) bond motifs is 2. The van der Waals surface area contributed by atoms with E-state index < -0.39 is 0 Å². The Morgan fingerprint density at radius 1 is 0.640 bits per heavy atom. The van der Waals surface area contributed by atoms with E-state index in [1.807, 2.05) is 0 Å². The molecule has 0 saturated carbocycles. The Hall–Kier alpha value is -2.80. The SMILES string of the molecule is CCCC(CC)c1cc2c(-c3ccc(C(C)(C)C)cc3)cccc2[cH-]1.Cc1cc2c(-c3ccc(C(C)(C)C)cc3)ccc(C)c2[cH-]1.[CH3-].[CH3-].[Si]=[Zr]. The van der Waals surface area contributed by atoms with E-state index in [0.29, 0.717) is 5.92 Å². The van der Waals surface area contributed by atoms with Gasteiger partial charge in [0.05, 0.1) is 0 Å². The predicted octanol–water partition coefficient (Wildman–Crippen LogP) is 14.5. The first-order valence-corrected chi connectivity index (χ1v) is 21.8. The Kier molecular flexibility index (Phi) is 16.1. The summed E-state index contributed by atoms with van der Waals surface area (Å²) in [6.45, 7) is 25.6. The topological polar surface area (TPSA) is 0 Å². The van der Waals surface area contributed by atoms with Gasteiger partial charge in [0, 0.05) is 0 Å². The van der Waals surface area contributed by atoms with Gasteiger partial charge in [-0.3, -0.25) is 0 Å². The van der Waals surface area contributed by atoms with Crippen molar-refractivity contribution in [3.05, 3.63) is 146 Å². The van der Waals surface area contributed by atoms with Gasteiger partial charge in [-0.2, -0.15) is 12.1 Å². The van der Waals surface area contributed by atoms with E-state index in [0.717, 1.165) is 0 Å². The molecule has 2 heteroatoms. The van der Waals surface area contributed by atoms with Crippen LogP contribution in [0, 0.1) is 28.7 Å². The number of rotatable bonds is 6. The fraction of sp³-hybridized carbons (Fsp3) is 0.333. The van der Waals surface area contributed by atoms with Crippen molar-refractivity contribution in [3.8, 4) is 22.3 Å². The van der Waals surface area contributed by atoms with Crippen LogP contribution in [0.25, 0.3) is 43.8 Å². The van der Waals surface area contributed by atoms with E-state index in [9.17, 15) is 0 Å². The van der Waals surface area contributed by atoms with Gasteiger partial charge >= 0.3 is 30.2 Å². The monoisotopic (exact) mass is 754 g/mol. The van der Waals surface area contributed by atoms with E-state index in [2.05, 4.69) is 179 Å². The summed E-state index contributed by atoms with van der Waals surface area (Å²) in [7, 11) is 0. The Bertz CT molecular complexity index is 1920. The van der Waals surface area contributed by atoms with Crippen molar-refractivity contribution in [2.24, 2.45) is 0 Å². The molecule has 2 radical (unpaired) electrons. The van der Waals surface area contributed by atoms with Gasteiger partial charge in [0.1, 0.15) is 0 Å². The molecule has 0 aliphatic rings. The zero-order valence-corrected chi connectivity index (χ0v) is 36.5. The molecule has 1 atom stereocenters. The average Bonchev–Trinajstić information content (AvgIpc) is 3.68. The van der Waals surface area contributed by atoms with Gasteiger partial charge in [-0.25, -0.2) is 0 Å². The molecule has 1 unspecified atom stereocenters. The van der Waals surface area contributed by atoms with Gasteiger partial charge in [-0.05, 0) is 45.4 Å². The molecule has 0 nitrogen and oxygen atoms in total. The molecule has 264 valence electrons. The molecule has 6 rings (SSSR count). The van der Waals surface area contributed by atoms with Crippen molar-refractivity contribution < 1.29 is 23.3 Å². The maximum absolute atomic E-state index is 3.06. The summed E-state index contributed by atoms with van der Waals surface area (Å²) in [5, 5.41) is 5.53. The molecule has 0 aliphatic heterocycles. The number of hydrogen-bond donors (Lipinski definition) is 0. The van der Waals surface area contributed by atoms with Gasteiger partial charge in [0.15, 0.2) is 0 Å². The molecule has 0 heterocycles. The zero-order valence-electron chi connectivity index (χ0n) is 33.0. The Balaban J connectivity index is 0.000000322. The van der Waals surface area contributed by atoms with Gasteiger partial charge in [0.25, 0.3) is 0 Å². The first-order valence-electron chi connectivity index (χ1n) is 17.6. The van der Waals surface area contributed by atoms with Gasteiger partial charge in [-0.1, -0.05) is 154 Å². The standard InChI is InChI=1S/C25H31.C21H23.2CH3.Si.Zr/c1-6-9-18(7-2)21-16-20-10-8-11-23(24(20)17-21)19-12-14-22(15-13-19)25(3,4)5;1-14-12-19-15(2)6-11-18(20(19)13-14)16-7-9-17(10-8-16)21(3,4)5;;;;/h8,10-18H,6-7,9H2,1-5H3;6-13H,1-5H3;2*1H3;;/q4*-1;;. The van der Waals surface area contributed by atoms with Crippen LogP contribution >= 0.6 is 0 Å². The third kappa shape index (κ3) is 10.2. The second kappa shape index (κ2) is 18.6. The van der Waals surface area contributed by atoms with Gasteiger partial charge in [0.2, 0.25) is 0 Å². The Morgan fingerprint density at radius 2 is 1.16 bits per heavy atom. The summed E-state index contributed by atoms with van der Waals surface area (Å²) < 4.78 is 0. The summed E-state index contributed by atoms with van der Waals surface area (Å²) in [5.41, 5.74) is 12.7. The van der Waals surface area contributed by atoms with Crippen LogP contribution in [0.15, 0.2) is 103 Å². The molecule has 0 aliphatic carbocycles. The summed E-state index contributed by atoms with van der Waals surface area (Å²) >= 11 is 1.36. The molecule has 0 spiro atoms. The fourth-order valence-corrected chi connectivity index (χ4v) is 6.84. The van der Waals surface area contributed by atoms with Crippen molar-refractivity contribution in [2.75, 3.05) is 0 Å². The molecule has 50 heavy (non-hydrogen) atoms. The van der Waals surface area contributed by atoms with Crippen LogP contribution in [0.1, 0.15) is 108 Å². The fourth-order valence-electron chi connectivity index (χ4n) is 6.84. The zero-order chi connectivity index (χ0) is 35.2. The summed E-state index contributed by atoms with van der Waals surface area (Å²) in [6.07, 6.45) is 3.75. The van der Waals surface area contributed by atoms with E-state index >= 15 is 0 Å². The van der Waals surface area contributed by atoms with Gasteiger partial charge < -0.3 is 14.9 Å². The van der Waals surface area contributed by atoms with Gasteiger partial charge in [-0.15, -0.1) is 68.6 Å². The Morgan fingerprint density at radius 3 is 1.64 bits per heavy atom. The van der Waals surface area contributed by atoms with Crippen LogP contribution in [0.2, 0.25) is 0 Å². The first-order chi connectivity index (χ1) is 22.8. The van der Waals surface area contributed by atoms with Crippen molar-refractivity contribution in [1.82, 2.24) is 0 Å². The van der Waals surface area contributed by atoms with Crippen LogP contribution in [0.4, 0.5) is 0 Å². The minimum absolute atomic E-state index is 0. The third-order valence-electron chi connectivity index (χ3n) is 9.75. The van der Waals surface area contributed by atoms with Crippen molar-refractivity contribution in [3.63, 3.8) is 0 Å². The molecule has 0 amide bonds. The molecular formula is C48H60SiZr-4. The Labute approximate surface area is 323 Å². The van der Waals surface area contributed by atoms with E-state index in [1.54, 1.807) is 0 Å². The molecule has 0 aromatic heterocycles. The minimum atomic E-state index is 0. The van der Waals surface area contributed by atoms with Crippen LogP contribution in [-0.4, -0.2) is 6.88 Å². The number of aryl methyl sites for hydroxylation is 2. The molecule has 0 N–H and O–H groups in total. The van der Waals surface area contributed by atoms with Crippen LogP contribution in [0.3, 0.4) is 0 Å². The van der Waals surface area contributed by atoms with Crippen molar-refractivity contribution >= 4 is 28.4 Å². The molecule has 0 fully saturated rings. The van der Waals surface area contributed by atoms with E-state index in [-0.39, 0.29) is 25.7 Å². The van der Waals surface area contributed by atoms with Crippen molar-refractivity contribution in [1.29, 1.82) is 0 Å².